The number of benzene rings is 2. The van der Waals surface area contributed by atoms with E-state index in [-0.39, 0.29) is 16.9 Å². The second kappa shape index (κ2) is 7.85. The highest BCUT2D eigenvalue weighted by atomic mass is 35.5. The zero-order chi connectivity index (χ0) is 24.3. The van der Waals surface area contributed by atoms with Crippen LogP contribution >= 0.6 is 11.6 Å². The fourth-order valence-corrected chi connectivity index (χ4v) is 4.44. The molecule has 5 aromatic rings. The van der Waals surface area contributed by atoms with Gasteiger partial charge in [-0.15, -0.1) is 0 Å². The van der Waals surface area contributed by atoms with Gasteiger partial charge in [0.05, 0.1) is 17.4 Å². The number of halogens is 1. The minimum atomic E-state index is -0.896. The summed E-state index contributed by atoms with van der Waals surface area (Å²) in [7, 11) is 1.55. The van der Waals surface area contributed by atoms with Crippen molar-refractivity contribution in [3.63, 3.8) is 0 Å². The molecule has 172 valence electrons. The predicted octanol–water partition coefficient (Wildman–Crippen LogP) is 3.92. The fourth-order valence-electron chi connectivity index (χ4n) is 4.27. The van der Waals surface area contributed by atoms with E-state index in [0.29, 0.717) is 10.8 Å². The van der Waals surface area contributed by atoms with Gasteiger partial charge in [-0.3, -0.25) is 23.1 Å². The molecule has 0 unspecified atom stereocenters. The Kier molecular flexibility index (Phi) is 5.06. The molecule has 0 N–H and O–H groups in total. The van der Waals surface area contributed by atoms with E-state index in [1.807, 2.05) is 66.2 Å². The fraction of sp³-hybridized carbons (Fsp3) is 0.200. The summed E-state index contributed by atoms with van der Waals surface area (Å²) in [6.45, 7) is 4.83. The first-order valence-electron chi connectivity index (χ1n) is 10.8. The molecule has 9 heteroatoms. The summed E-state index contributed by atoms with van der Waals surface area (Å²) in [5, 5.41) is 0.601. The van der Waals surface area contributed by atoms with Gasteiger partial charge in [0.25, 0.3) is 5.56 Å². The average Bonchev–Trinajstić information content (AvgIpc) is 3.36. The topological polar surface area (TPSA) is 83.3 Å². The van der Waals surface area contributed by atoms with Crippen molar-refractivity contribution >= 4 is 34.3 Å². The molecule has 0 fully saturated rings. The molecule has 0 amide bonds. The Bertz CT molecular complexity index is 1720. The van der Waals surface area contributed by atoms with E-state index in [1.165, 1.54) is 11.5 Å². The summed E-state index contributed by atoms with van der Waals surface area (Å²) in [5.41, 5.74) is 2.69. The van der Waals surface area contributed by atoms with E-state index in [9.17, 15) is 14.4 Å². The van der Waals surface area contributed by atoms with Gasteiger partial charge in [0.15, 0.2) is 16.9 Å². The second-order valence-electron chi connectivity index (χ2n) is 8.36. The number of ketones is 1. The molecule has 2 aromatic carbocycles. The molecular weight excluding hydrogens is 454 g/mol. The molecular formula is C25H22ClN5O3. The molecule has 1 atom stereocenters. The lowest BCUT2D eigenvalue weighted by molar-refractivity contribution is -0.119. The van der Waals surface area contributed by atoms with E-state index in [4.69, 9.17) is 16.6 Å². The molecule has 34 heavy (non-hydrogen) atoms. The standard InChI is InChI=1S/C25H22ClN5O3/c1-14-18(26)11-8-12-19(14)31-20(17-9-6-5-7-10-17)13-29-21-22(27-24(29)31)28(4)25(34)30(23(21)33)15(2)16(3)32/h5-13,15H,1-4H3/t15-/m0/s1. The Morgan fingerprint density at radius 1 is 1.06 bits per heavy atom. The van der Waals surface area contributed by atoms with Gasteiger partial charge in [-0.2, -0.15) is 4.98 Å². The first-order chi connectivity index (χ1) is 16.2. The molecule has 5 rings (SSSR count). The van der Waals surface area contributed by atoms with Gasteiger partial charge in [-0.25, -0.2) is 9.36 Å². The maximum atomic E-state index is 13.5. The number of hydrogen-bond donors (Lipinski definition) is 0. The SMILES string of the molecule is CC(=O)[C@H](C)n1c(=O)c2c(nc3n(-c4cccc(Cl)c4C)c(-c4ccccc4)cn23)n(C)c1=O. The largest absolute Gasteiger partial charge is 0.333 e. The van der Waals surface area contributed by atoms with Gasteiger partial charge < -0.3 is 0 Å². The highest BCUT2D eigenvalue weighted by molar-refractivity contribution is 6.31. The normalized spacial score (nSPS) is 12.5. The summed E-state index contributed by atoms with van der Waals surface area (Å²) >= 11 is 6.44. The lowest BCUT2D eigenvalue weighted by Crippen LogP contribution is -2.42. The number of Topliss-reactive ketones (excluding diaryl/α,β-unsaturated/α-hetero) is 1. The van der Waals surface area contributed by atoms with Crippen LogP contribution in [0.1, 0.15) is 25.5 Å². The van der Waals surface area contributed by atoms with Crippen LogP contribution in [0.4, 0.5) is 0 Å². The Hall–Kier alpha value is -3.91. The van der Waals surface area contributed by atoms with Crippen LogP contribution in [-0.2, 0) is 11.8 Å². The Balaban J connectivity index is 1.98. The molecule has 3 heterocycles. The van der Waals surface area contributed by atoms with Crippen molar-refractivity contribution in [3.05, 3.63) is 86.2 Å². The zero-order valence-corrected chi connectivity index (χ0v) is 19.9. The Morgan fingerprint density at radius 3 is 2.44 bits per heavy atom. The molecule has 0 aliphatic heterocycles. The molecule has 0 aliphatic carbocycles. The number of fused-ring (bicyclic) bond motifs is 3. The van der Waals surface area contributed by atoms with Crippen LogP contribution in [-0.4, -0.2) is 28.9 Å². The zero-order valence-electron chi connectivity index (χ0n) is 19.1. The van der Waals surface area contributed by atoms with E-state index in [1.54, 1.807) is 18.4 Å². The lowest BCUT2D eigenvalue weighted by Gasteiger charge is -2.13. The summed E-state index contributed by atoms with van der Waals surface area (Å²) in [5.74, 6) is 0.177. The average molecular weight is 476 g/mol. The second-order valence-corrected chi connectivity index (χ2v) is 8.76. The van der Waals surface area contributed by atoms with Crippen LogP contribution in [0, 0.1) is 6.92 Å². The number of nitrogens with zero attached hydrogens (tertiary/aromatic N) is 5. The van der Waals surface area contributed by atoms with E-state index >= 15 is 0 Å². The number of imidazole rings is 2. The smallest absolute Gasteiger partial charge is 0.298 e. The monoisotopic (exact) mass is 475 g/mol. The number of aryl methyl sites for hydroxylation is 1. The minimum absolute atomic E-state index is 0.223. The summed E-state index contributed by atoms with van der Waals surface area (Å²) in [6.07, 6.45) is 1.83. The number of aromatic nitrogens is 5. The van der Waals surface area contributed by atoms with Crippen molar-refractivity contribution in [3.8, 4) is 16.9 Å². The van der Waals surface area contributed by atoms with Crippen LogP contribution in [0.5, 0.6) is 0 Å². The van der Waals surface area contributed by atoms with E-state index in [2.05, 4.69) is 0 Å². The van der Waals surface area contributed by atoms with Crippen LogP contribution < -0.4 is 11.2 Å². The van der Waals surface area contributed by atoms with Gasteiger partial charge in [0.2, 0.25) is 5.78 Å². The maximum absolute atomic E-state index is 13.5. The maximum Gasteiger partial charge on any atom is 0.333 e. The first kappa shape index (κ1) is 21.9. The summed E-state index contributed by atoms with van der Waals surface area (Å²) in [4.78, 5) is 43.3. The molecule has 0 radical (unpaired) electrons. The summed E-state index contributed by atoms with van der Waals surface area (Å²) in [6, 6.07) is 14.5. The van der Waals surface area contributed by atoms with Crippen molar-refractivity contribution in [2.45, 2.75) is 26.8 Å². The first-order valence-corrected chi connectivity index (χ1v) is 11.2. The Morgan fingerprint density at radius 2 is 1.76 bits per heavy atom. The highest BCUT2D eigenvalue weighted by Gasteiger charge is 2.25. The van der Waals surface area contributed by atoms with Gasteiger partial charge in [0.1, 0.15) is 0 Å². The minimum Gasteiger partial charge on any atom is -0.298 e. The number of carbonyl (C=O) groups is 1. The quantitative estimate of drug-likeness (QED) is 0.394. The third-order valence-electron chi connectivity index (χ3n) is 6.32. The van der Waals surface area contributed by atoms with Crippen LogP contribution in [0.2, 0.25) is 5.02 Å². The molecule has 0 saturated carbocycles. The van der Waals surface area contributed by atoms with Crippen LogP contribution in [0.15, 0.2) is 64.3 Å². The molecule has 0 aliphatic rings. The molecule has 0 spiro atoms. The third-order valence-corrected chi connectivity index (χ3v) is 6.73. The number of rotatable bonds is 4. The van der Waals surface area contributed by atoms with Crippen molar-refractivity contribution in [1.29, 1.82) is 0 Å². The number of hydrogen-bond acceptors (Lipinski definition) is 4. The Labute approximate surface area is 199 Å². The van der Waals surface area contributed by atoms with Gasteiger partial charge in [-0.05, 0) is 38.5 Å². The number of carbonyl (C=O) groups excluding carboxylic acids is 1. The van der Waals surface area contributed by atoms with Crippen molar-refractivity contribution in [2.24, 2.45) is 7.05 Å². The molecule has 0 bridgehead atoms. The molecule has 0 saturated heterocycles. The van der Waals surface area contributed by atoms with Gasteiger partial charge in [0, 0.05) is 23.8 Å². The van der Waals surface area contributed by atoms with Gasteiger partial charge >= 0.3 is 5.69 Å². The lowest BCUT2D eigenvalue weighted by atomic mass is 10.1. The van der Waals surface area contributed by atoms with E-state index in [0.717, 1.165) is 27.1 Å². The molecule has 3 aromatic heterocycles. The van der Waals surface area contributed by atoms with Crippen LogP contribution in [0.3, 0.4) is 0 Å². The van der Waals surface area contributed by atoms with Gasteiger partial charge in [-0.1, -0.05) is 48.0 Å². The third kappa shape index (κ3) is 3.06. The van der Waals surface area contributed by atoms with Crippen molar-refractivity contribution < 1.29 is 4.79 Å². The predicted molar refractivity (Wildman–Crippen MR) is 132 cm³/mol. The molecule has 8 nitrogen and oxygen atoms in total. The van der Waals surface area contributed by atoms with E-state index < -0.39 is 17.3 Å². The van der Waals surface area contributed by atoms with Crippen molar-refractivity contribution in [1.82, 2.24) is 23.1 Å². The van der Waals surface area contributed by atoms with Crippen molar-refractivity contribution in [2.75, 3.05) is 0 Å². The van der Waals surface area contributed by atoms with Crippen LogP contribution in [0.25, 0.3) is 33.9 Å². The summed E-state index contributed by atoms with van der Waals surface area (Å²) < 4.78 is 5.91. The highest BCUT2D eigenvalue weighted by Crippen LogP contribution is 2.32.